The summed E-state index contributed by atoms with van der Waals surface area (Å²) >= 11 is 0. The quantitative estimate of drug-likeness (QED) is 0.362. The Balaban J connectivity index is 1.27. The van der Waals surface area contributed by atoms with Gasteiger partial charge in [-0.2, -0.15) is 13.2 Å². The lowest BCUT2D eigenvalue weighted by atomic mass is 9.46. The summed E-state index contributed by atoms with van der Waals surface area (Å²) in [5, 5.41) is 21.7. The molecule has 8 atom stereocenters. The Bertz CT molecular complexity index is 898. The molecule has 0 heterocycles. The highest BCUT2D eigenvalue weighted by Crippen LogP contribution is 2.68. The fraction of sp³-hybridized carbons (Fsp3) is 0.938. The molecule has 0 spiro atoms. The van der Waals surface area contributed by atoms with E-state index < -0.39 is 17.4 Å². The number of hydrogen-bond donors (Lipinski definition) is 2. The Kier molecular flexibility index (Phi) is 6.79. The average molecular weight is 525 g/mol. The van der Waals surface area contributed by atoms with E-state index in [0.717, 1.165) is 56.9 Å². The van der Waals surface area contributed by atoms with Gasteiger partial charge in [0.1, 0.15) is 0 Å². The van der Waals surface area contributed by atoms with Gasteiger partial charge in [0, 0.05) is 6.42 Å². The van der Waals surface area contributed by atoms with E-state index >= 15 is 0 Å². The molecule has 0 saturated heterocycles. The minimum Gasteiger partial charge on any atom is -0.390 e. The van der Waals surface area contributed by atoms with Gasteiger partial charge in [-0.3, -0.25) is 0 Å². The summed E-state index contributed by atoms with van der Waals surface area (Å²) in [6.07, 6.45) is 9.28. The van der Waals surface area contributed by atoms with Crippen molar-refractivity contribution in [2.45, 2.75) is 142 Å². The molecule has 5 rings (SSSR count). The maximum atomic E-state index is 13.6. The minimum absolute atomic E-state index is 0.171. The van der Waals surface area contributed by atoms with Crippen LogP contribution in [-0.4, -0.2) is 27.6 Å². The summed E-state index contributed by atoms with van der Waals surface area (Å²) < 4.78 is 40.9. The summed E-state index contributed by atoms with van der Waals surface area (Å²) in [4.78, 5) is 0. The normalized spacial score (nSPS) is 45.8. The molecule has 2 nitrogen and oxygen atoms in total. The molecule has 0 aromatic carbocycles. The van der Waals surface area contributed by atoms with Gasteiger partial charge in [0.05, 0.1) is 5.60 Å². The first-order valence-electron chi connectivity index (χ1n) is 15.2. The zero-order valence-electron chi connectivity index (χ0n) is 23.9. The zero-order valence-corrected chi connectivity index (χ0v) is 23.9. The number of aliphatic hydroxyl groups is 2. The first-order chi connectivity index (χ1) is 17.0. The maximum Gasteiger partial charge on any atom is 0.417 e. The van der Waals surface area contributed by atoms with Crippen LogP contribution in [0, 0.1) is 45.8 Å². The first kappa shape index (κ1) is 28.0. The molecule has 2 N–H and O–H groups in total. The van der Waals surface area contributed by atoms with Crippen molar-refractivity contribution in [1.29, 1.82) is 0 Å². The molecule has 0 aromatic rings. The van der Waals surface area contributed by atoms with Crippen LogP contribution in [0.3, 0.4) is 0 Å². The Labute approximate surface area is 222 Å². The van der Waals surface area contributed by atoms with Crippen LogP contribution in [-0.2, 0) is 0 Å². The smallest absolute Gasteiger partial charge is 0.390 e. The molecule has 0 bridgehead atoms. The van der Waals surface area contributed by atoms with Gasteiger partial charge in [0.2, 0.25) is 0 Å². The van der Waals surface area contributed by atoms with E-state index in [2.05, 4.69) is 40.7 Å². The molecular weight excluding hydrogens is 473 g/mol. The van der Waals surface area contributed by atoms with Crippen molar-refractivity contribution in [2.75, 3.05) is 0 Å². The number of halogens is 3. The SMILES string of the molecule is C[C@H](CCC1(O)CCC(C)(C)CC1)[C@H]1CC[C@H]2[C@@H]3CC=C4C[C@](O)(C(F)(F)F)CC[C@]4(C)[C@H]3CC[C@]12C. The van der Waals surface area contributed by atoms with E-state index in [1.165, 1.54) is 19.3 Å². The number of allylic oxidation sites excluding steroid dienone is 1. The third-order valence-electron chi connectivity index (χ3n) is 13.1. The van der Waals surface area contributed by atoms with Gasteiger partial charge in [-0.15, -0.1) is 0 Å². The second-order valence-corrected chi connectivity index (χ2v) is 15.6. The average Bonchev–Trinajstić information content (AvgIpc) is 3.17. The van der Waals surface area contributed by atoms with Gasteiger partial charge < -0.3 is 10.2 Å². The lowest BCUT2D eigenvalue weighted by Crippen LogP contribution is -2.55. The molecule has 5 heteroatoms. The van der Waals surface area contributed by atoms with E-state index in [0.29, 0.717) is 46.8 Å². The highest BCUT2D eigenvalue weighted by molar-refractivity contribution is 5.28. The highest BCUT2D eigenvalue weighted by atomic mass is 19.4. The monoisotopic (exact) mass is 524 g/mol. The molecule has 0 unspecified atom stereocenters. The van der Waals surface area contributed by atoms with Crippen molar-refractivity contribution in [3.8, 4) is 0 Å². The Hall–Kier alpha value is -0.550. The molecule has 4 fully saturated rings. The van der Waals surface area contributed by atoms with Crippen molar-refractivity contribution >= 4 is 0 Å². The molecule has 37 heavy (non-hydrogen) atoms. The third-order valence-corrected chi connectivity index (χ3v) is 13.1. The fourth-order valence-electron chi connectivity index (χ4n) is 10.2. The molecule has 0 amide bonds. The Morgan fingerprint density at radius 1 is 0.892 bits per heavy atom. The van der Waals surface area contributed by atoms with E-state index in [4.69, 9.17) is 0 Å². The van der Waals surface area contributed by atoms with E-state index in [1.54, 1.807) is 0 Å². The Morgan fingerprint density at radius 3 is 2.22 bits per heavy atom. The molecule has 4 saturated carbocycles. The molecular formula is C32H51F3O2. The van der Waals surface area contributed by atoms with E-state index in [1.807, 2.05) is 0 Å². The lowest BCUT2D eigenvalue weighted by Gasteiger charge is -2.59. The van der Waals surface area contributed by atoms with Gasteiger partial charge in [-0.1, -0.05) is 46.3 Å². The predicted octanol–water partition coefficient (Wildman–Crippen LogP) is 8.61. The van der Waals surface area contributed by atoms with Crippen LogP contribution in [0.1, 0.15) is 125 Å². The van der Waals surface area contributed by atoms with Crippen LogP contribution < -0.4 is 0 Å². The van der Waals surface area contributed by atoms with Crippen molar-refractivity contribution in [3.63, 3.8) is 0 Å². The standard InChI is InChI=1S/C32H51F3O2/c1-21(10-13-30(36)17-14-27(2,3)15-18-30)24-8-9-25-23-7-6-22-20-31(37,32(33,34)35)19-16-28(22,4)26(23)11-12-29(24,25)5/h6,21,23-26,36-37H,7-20H2,1-5H3/t21-,23+,24-,25+,26+,28+,29-,31+/m1/s1. The van der Waals surface area contributed by atoms with E-state index in [-0.39, 0.29) is 18.3 Å². The zero-order chi connectivity index (χ0) is 27.1. The van der Waals surface area contributed by atoms with Crippen LogP contribution in [0.2, 0.25) is 0 Å². The summed E-state index contributed by atoms with van der Waals surface area (Å²) in [5.74, 6) is 2.87. The van der Waals surface area contributed by atoms with E-state index in [9.17, 15) is 23.4 Å². The van der Waals surface area contributed by atoms with Gasteiger partial charge in [-0.05, 0) is 129 Å². The highest BCUT2D eigenvalue weighted by Gasteiger charge is 2.63. The van der Waals surface area contributed by atoms with Gasteiger partial charge in [0.25, 0.3) is 0 Å². The maximum absolute atomic E-state index is 13.6. The number of hydrogen-bond acceptors (Lipinski definition) is 2. The topological polar surface area (TPSA) is 40.5 Å². The second-order valence-electron chi connectivity index (χ2n) is 15.6. The molecule has 5 aliphatic rings. The van der Waals surface area contributed by atoms with Crippen LogP contribution in [0.15, 0.2) is 11.6 Å². The van der Waals surface area contributed by atoms with Crippen molar-refractivity contribution in [2.24, 2.45) is 45.8 Å². The molecule has 212 valence electrons. The minimum atomic E-state index is -4.56. The second kappa shape index (κ2) is 8.98. The summed E-state index contributed by atoms with van der Waals surface area (Å²) in [5.41, 5.74) is -1.73. The molecule has 0 radical (unpaired) electrons. The van der Waals surface area contributed by atoms with Crippen molar-refractivity contribution in [1.82, 2.24) is 0 Å². The summed E-state index contributed by atoms with van der Waals surface area (Å²) in [7, 11) is 0. The van der Waals surface area contributed by atoms with Gasteiger partial charge in [0.15, 0.2) is 5.60 Å². The van der Waals surface area contributed by atoms with Gasteiger partial charge >= 0.3 is 6.18 Å². The largest absolute Gasteiger partial charge is 0.417 e. The predicted molar refractivity (Wildman–Crippen MR) is 142 cm³/mol. The number of rotatable bonds is 4. The summed E-state index contributed by atoms with van der Waals surface area (Å²) in [6.45, 7) is 11.8. The van der Waals surface area contributed by atoms with Gasteiger partial charge in [-0.25, -0.2) is 0 Å². The van der Waals surface area contributed by atoms with Crippen LogP contribution in [0.25, 0.3) is 0 Å². The molecule has 5 aliphatic carbocycles. The van der Waals surface area contributed by atoms with Crippen molar-refractivity contribution in [3.05, 3.63) is 11.6 Å². The fourth-order valence-corrected chi connectivity index (χ4v) is 10.2. The van der Waals surface area contributed by atoms with Crippen LogP contribution in [0.5, 0.6) is 0 Å². The molecule has 0 aliphatic heterocycles. The first-order valence-corrected chi connectivity index (χ1v) is 15.2. The van der Waals surface area contributed by atoms with Crippen LogP contribution in [0.4, 0.5) is 13.2 Å². The molecule has 0 aromatic heterocycles. The van der Waals surface area contributed by atoms with Crippen LogP contribution >= 0.6 is 0 Å². The number of fused-ring (bicyclic) bond motifs is 5. The lowest BCUT2D eigenvalue weighted by molar-refractivity contribution is -0.271. The Morgan fingerprint density at radius 2 is 1.57 bits per heavy atom. The summed E-state index contributed by atoms with van der Waals surface area (Å²) in [6, 6.07) is 0. The van der Waals surface area contributed by atoms with Crippen molar-refractivity contribution < 1.29 is 23.4 Å². The number of alkyl halides is 3. The third kappa shape index (κ3) is 4.64.